The van der Waals surface area contributed by atoms with Gasteiger partial charge in [-0.05, 0) is 159 Å². The number of hydrogen-bond acceptors (Lipinski definition) is 8. The molecule has 2 aliphatic carbocycles. The molecule has 0 N–H and O–H groups in total. The summed E-state index contributed by atoms with van der Waals surface area (Å²) in [6, 6.07) is 66.1. The molecule has 0 atom stereocenters. The van der Waals surface area contributed by atoms with Crippen LogP contribution >= 0.6 is 0 Å². The molecule has 0 amide bonds. The molecule has 1 fully saturated rings. The van der Waals surface area contributed by atoms with Crippen LogP contribution < -0.4 is 8.79 Å². The van der Waals surface area contributed by atoms with Gasteiger partial charge >= 0.3 is 264 Å². The Balaban J connectivity index is 0.000000151. The number of nitrogens with zero attached hydrogens (tertiary/aromatic N) is 6. The van der Waals surface area contributed by atoms with Gasteiger partial charge in [0.15, 0.2) is 0 Å². The number of pyridine rings is 6. The molecule has 582 valence electrons. The summed E-state index contributed by atoms with van der Waals surface area (Å²) in [6.07, 6.45) is 21.8. The fourth-order valence-corrected chi connectivity index (χ4v) is 22.9. The van der Waals surface area contributed by atoms with Crippen molar-refractivity contribution in [2.24, 2.45) is 16.7 Å². The number of hydrogen-bond donors (Lipinski definition) is 0. The monoisotopic (exact) mass is 1960 g/mol. The minimum atomic E-state index is -1.90. The minimum Gasteiger partial charge on any atom is -0.486 e. The normalized spacial score (nSPS) is 13.2. The smallest absolute Gasteiger partial charge is 0.216 e. The summed E-state index contributed by atoms with van der Waals surface area (Å²) < 4.78 is 15.4. The molecule has 8 nitrogen and oxygen atoms in total. The van der Waals surface area contributed by atoms with Crippen molar-refractivity contribution in [3.63, 3.8) is 0 Å². The fraction of sp³-hybridized carbons (Fsp3) is 0.340. The quantitative estimate of drug-likeness (QED) is 0.0831. The minimum absolute atomic E-state index is 0. The van der Waals surface area contributed by atoms with Crippen molar-refractivity contribution in [2.45, 2.75) is 201 Å². The number of benzene rings is 6. The summed E-state index contributed by atoms with van der Waals surface area (Å²) >= 11 is -3.79. The van der Waals surface area contributed by atoms with Crippen LogP contribution in [0.1, 0.15) is 161 Å². The van der Waals surface area contributed by atoms with E-state index in [4.69, 9.17) is 38.7 Å². The van der Waals surface area contributed by atoms with Gasteiger partial charge < -0.3 is 18.8 Å². The first kappa shape index (κ1) is 85.1. The zero-order valence-corrected chi connectivity index (χ0v) is 78.3. The van der Waals surface area contributed by atoms with Gasteiger partial charge in [0.2, 0.25) is 11.4 Å². The van der Waals surface area contributed by atoms with E-state index in [1.54, 1.807) is 0 Å². The van der Waals surface area contributed by atoms with E-state index in [0.717, 1.165) is 127 Å². The molecule has 2 radical (unpaired) electrons. The first-order chi connectivity index (χ1) is 52.4. The molecule has 2 aliphatic rings. The number of rotatable bonds is 13. The van der Waals surface area contributed by atoms with E-state index in [2.05, 4.69) is 271 Å². The molecule has 6 aromatic carbocycles. The van der Waals surface area contributed by atoms with Crippen LogP contribution in [0.3, 0.4) is 0 Å². The molecule has 112 heavy (non-hydrogen) atoms. The molecule has 0 unspecified atom stereocenters. The summed E-state index contributed by atoms with van der Waals surface area (Å²) in [5.41, 5.74) is 31.0. The number of aromatic nitrogens is 6. The van der Waals surface area contributed by atoms with Gasteiger partial charge in [-0.15, -0.1) is 47.5 Å². The maximum Gasteiger partial charge on any atom is 0.216 e. The third-order valence-electron chi connectivity index (χ3n) is 21.9. The van der Waals surface area contributed by atoms with Gasteiger partial charge in [-0.3, -0.25) is 0 Å². The predicted molar refractivity (Wildman–Crippen MR) is 467 cm³/mol. The van der Waals surface area contributed by atoms with Gasteiger partial charge in [0.1, 0.15) is 0 Å². The van der Waals surface area contributed by atoms with Crippen LogP contribution in [0.2, 0.25) is 34.5 Å². The van der Waals surface area contributed by atoms with Gasteiger partial charge in [-0.2, -0.15) is 0 Å². The fourth-order valence-electron chi connectivity index (χ4n) is 16.3. The average molecular weight is 1960 g/mol. The summed E-state index contributed by atoms with van der Waals surface area (Å²) in [5, 5.41) is 4.19. The summed E-state index contributed by atoms with van der Waals surface area (Å²) in [7, 11) is 0. The topological polar surface area (TPSA) is 104 Å². The second-order valence-electron chi connectivity index (χ2n) is 35.8. The maximum atomic E-state index is 6.22. The third kappa shape index (κ3) is 20.1. The second-order valence-corrected chi connectivity index (χ2v) is 56.9. The molecule has 12 heteroatoms. The molecule has 0 bridgehead atoms. The third-order valence-corrected chi connectivity index (χ3v) is 30.6. The van der Waals surface area contributed by atoms with E-state index in [0.29, 0.717) is 28.2 Å². The molecule has 16 rings (SSSR count). The van der Waals surface area contributed by atoms with Crippen LogP contribution in [0, 0.1) is 75.6 Å². The number of fused-ring (bicyclic) bond motifs is 7. The second kappa shape index (κ2) is 35.9. The van der Waals surface area contributed by atoms with Crippen LogP contribution in [0.25, 0.3) is 112 Å². The van der Waals surface area contributed by atoms with Crippen molar-refractivity contribution in [3.8, 4) is 67.5 Å². The van der Waals surface area contributed by atoms with Crippen molar-refractivity contribution in [2.75, 3.05) is 0 Å². The Morgan fingerprint density at radius 1 is 0.455 bits per heavy atom. The van der Waals surface area contributed by atoms with Crippen LogP contribution in [-0.2, 0) is 72.3 Å². The molecule has 14 aromatic rings. The van der Waals surface area contributed by atoms with Gasteiger partial charge in [-0.25, -0.2) is 9.97 Å². The van der Waals surface area contributed by atoms with Crippen molar-refractivity contribution in [1.82, 2.24) is 29.9 Å². The Hall–Kier alpha value is -7.80. The first-order valence-corrected chi connectivity index (χ1v) is 54.6. The zero-order valence-electron chi connectivity index (χ0n) is 69.3. The molecule has 8 aromatic heterocycles. The van der Waals surface area contributed by atoms with Crippen molar-refractivity contribution in [1.29, 1.82) is 0 Å². The van der Waals surface area contributed by atoms with E-state index in [9.17, 15) is 0 Å². The van der Waals surface area contributed by atoms with E-state index in [1.165, 1.54) is 120 Å². The average Bonchev–Trinajstić information content (AvgIpc) is 1.60. The Labute approximate surface area is 699 Å². The van der Waals surface area contributed by atoms with Crippen molar-refractivity contribution in [3.05, 3.63) is 262 Å². The molecule has 0 aliphatic heterocycles. The summed E-state index contributed by atoms with van der Waals surface area (Å²) in [4.78, 5) is 28.9. The number of aryl methyl sites for hydroxylation is 5. The Morgan fingerprint density at radius 2 is 0.938 bits per heavy atom. The van der Waals surface area contributed by atoms with E-state index < -0.39 is 26.5 Å². The number of furan rings is 2. The van der Waals surface area contributed by atoms with Crippen LogP contribution in [0.15, 0.2) is 185 Å². The molecule has 1 saturated carbocycles. The molecule has 0 spiro atoms. The first-order valence-electron chi connectivity index (χ1n) is 39.9. The standard InChI is InChI=1S/C34H35N2O.C28H23N2O.2C19H26GeN.2Ir/c1-20(2)29-19-35-31(18-26(29)16-24-8-6-7-9-24)25-12-15-32-28(17-25)27-13-14-30(36-34(27)37-32)33-22(4)11-10-21(3)23(33)5;1-17-6-5-7-18(2)26(17)24-12-11-22-23-16-20(10-13-25(23)31-28(22)30-24)27-21-9-4-3-8-19(21)14-15-29-27;2*1-19(2,3)13-16-12-18(15-10-8-7-9-11-15)21-14-17(16)20(4,5)6;;/h10-11,13-15,17-20,24H,6-9,16H2,1-5H3;5-7,11-16H,3-4,8-9H2,1-2H3;2*7-10,12,14H,13H2,1-6H3;;/q4*-1;;. The predicted octanol–water partition coefficient (Wildman–Crippen LogP) is 25.7. The maximum absolute atomic E-state index is 6.22. The van der Waals surface area contributed by atoms with E-state index in [-0.39, 0.29) is 40.2 Å². The van der Waals surface area contributed by atoms with E-state index >= 15 is 0 Å². The van der Waals surface area contributed by atoms with Crippen LogP contribution in [0.4, 0.5) is 0 Å². The van der Waals surface area contributed by atoms with Gasteiger partial charge in [0.05, 0.1) is 22.6 Å². The molecular formula is C100H110Ge2Ir2N6O2-4. The van der Waals surface area contributed by atoms with Crippen LogP contribution in [-0.4, -0.2) is 56.4 Å². The summed E-state index contributed by atoms with van der Waals surface area (Å²) in [5.74, 6) is 15.9. The molecule has 8 heterocycles. The SMILES string of the molecule is CC(C)(C)Cc1cc(-c2[c-]cccc2)nc[c]1[Ge]([CH3])([CH3])[CH3].CC(C)(C)Cc1cc(-c2[c-]cccc2)nc[c]1[Ge]([CH3])([CH3])[CH3].Cc1ccc(C)c(-c2ccc3c(n2)oc2c[c-]c(-c4cc(CC5CCCC5)c(C(C)C)cn4)cc23)c1C.Cc1cccc(C)c1-c1ccc2c(n1)oc1c[c-]c(-c3nccc4c3CCCC4)cc12.[Ir].[Ir]. The van der Waals surface area contributed by atoms with Crippen molar-refractivity contribution >= 4 is 79.5 Å². The summed E-state index contributed by atoms with van der Waals surface area (Å²) in [6.45, 7) is 29.1. The Kier molecular flexibility index (Phi) is 27.3. The van der Waals surface area contributed by atoms with Crippen LogP contribution in [0.5, 0.6) is 0 Å². The Bertz CT molecular complexity index is 5500. The van der Waals surface area contributed by atoms with Gasteiger partial charge in [0.25, 0.3) is 0 Å². The largest absolute Gasteiger partial charge is 0.486 e. The zero-order chi connectivity index (χ0) is 78.0. The molecule has 0 saturated heterocycles. The van der Waals surface area contributed by atoms with Gasteiger partial charge in [0, 0.05) is 74.5 Å². The van der Waals surface area contributed by atoms with Gasteiger partial charge in [-0.1, -0.05) is 97.8 Å². The Morgan fingerprint density at radius 3 is 1.46 bits per heavy atom. The van der Waals surface area contributed by atoms with E-state index in [1.807, 2.05) is 54.7 Å². The molecular weight excluding hydrogens is 1850 g/mol. The van der Waals surface area contributed by atoms with Crippen molar-refractivity contribution < 1.29 is 49.0 Å².